The molecule has 0 saturated carbocycles. The molecule has 0 radical (unpaired) electrons. The lowest BCUT2D eigenvalue weighted by Gasteiger charge is -2.07. The lowest BCUT2D eigenvalue weighted by molar-refractivity contribution is -0.138. The first-order valence-corrected chi connectivity index (χ1v) is 9.00. The van der Waals surface area contributed by atoms with Crippen LogP contribution in [0.2, 0.25) is 0 Å². The van der Waals surface area contributed by atoms with Crippen molar-refractivity contribution in [2.45, 2.75) is 18.1 Å². The first kappa shape index (κ1) is 23.2. The Labute approximate surface area is 141 Å². The summed E-state index contributed by atoms with van der Waals surface area (Å²) in [5.74, 6) is -1.32. The Hall–Kier alpha value is -0.110. The van der Waals surface area contributed by atoms with Crippen LogP contribution >= 0.6 is 46.8 Å². The molecule has 0 spiro atoms. The highest BCUT2D eigenvalue weighted by molar-refractivity contribution is 8.76. The van der Waals surface area contributed by atoms with Gasteiger partial charge in [0.05, 0.1) is 6.04 Å². The summed E-state index contributed by atoms with van der Waals surface area (Å²) < 4.78 is 0. The zero-order valence-electron chi connectivity index (χ0n) is 10.9. The van der Waals surface area contributed by atoms with Gasteiger partial charge in [0.2, 0.25) is 5.12 Å². The summed E-state index contributed by atoms with van der Waals surface area (Å²) in [5, 5.41) is 16.5. The molecule has 0 amide bonds. The van der Waals surface area contributed by atoms with Gasteiger partial charge in [0.1, 0.15) is 12.1 Å². The van der Waals surface area contributed by atoms with Crippen LogP contribution in [0.5, 0.6) is 0 Å². The van der Waals surface area contributed by atoms with Crippen LogP contribution in [-0.4, -0.2) is 62.7 Å². The fourth-order valence-electron chi connectivity index (χ4n) is 0.464. The summed E-state index contributed by atoms with van der Waals surface area (Å²) >= 11 is 7.22. The number of nitrogens with two attached hydrogens (primary N) is 3. The Balaban J connectivity index is 0. The Bertz CT molecular complexity index is 325. The van der Waals surface area contributed by atoms with E-state index in [1.165, 1.54) is 21.6 Å². The molecule has 0 aromatic carbocycles. The number of hydrogen-bond donors (Lipinski definition) is 7. The van der Waals surface area contributed by atoms with Gasteiger partial charge in [0, 0.05) is 17.3 Å². The van der Waals surface area contributed by atoms with Gasteiger partial charge in [-0.3, -0.25) is 14.4 Å². The number of aliphatic carboxylic acids is 2. The molecule has 0 rings (SSSR count). The van der Waals surface area contributed by atoms with Crippen molar-refractivity contribution in [3.63, 3.8) is 0 Å². The van der Waals surface area contributed by atoms with E-state index in [0.717, 1.165) is 0 Å². The van der Waals surface area contributed by atoms with Gasteiger partial charge in [0.15, 0.2) is 0 Å². The smallest absolute Gasteiger partial charge is 0.321 e. The van der Waals surface area contributed by atoms with E-state index >= 15 is 0 Å². The fraction of sp³-hybridized carbons (Fsp3) is 0.667. The second-order valence-electron chi connectivity index (χ2n) is 3.59. The maximum absolute atomic E-state index is 10.3. The van der Waals surface area contributed by atoms with E-state index in [4.69, 9.17) is 27.4 Å². The number of carbonyl (C=O) groups is 3. The maximum Gasteiger partial charge on any atom is 0.321 e. The summed E-state index contributed by atoms with van der Waals surface area (Å²) in [6.45, 7) is 0. The molecular formula is C9H19N3O5S4. The van der Waals surface area contributed by atoms with E-state index in [1.54, 1.807) is 0 Å². The number of carboxylic acids is 2. The van der Waals surface area contributed by atoms with E-state index in [2.05, 4.69) is 25.3 Å². The van der Waals surface area contributed by atoms with E-state index in [-0.39, 0.29) is 16.6 Å². The van der Waals surface area contributed by atoms with Gasteiger partial charge in [-0.2, -0.15) is 12.6 Å². The van der Waals surface area contributed by atoms with E-state index in [1.807, 2.05) is 0 Å². The summed E-state index contributed by atoms with van der Waals surface area (Å²) in [6.07, 6.45) is 0. The van der Waals surface area contributed by atoms with Crippen molar-refractivity contribution in [3.05, 3.63) is 0 Å². The minimum Gasteiger partial charge on any atom is -0.480 e. The van der Waals surface area contributed by atoms with Crippen LogP contribution < -0.4 is 17.2 Å². The standard InChI is InChI=1S/C6H12N2O4S2.C3H7NOS2/c7-3(5(9)10)1-13-14-2-4(8)6(11)12;4-2(1-6)3(5)7/h3-4H,1-2,7-8H2,(H,9,10)(H,11,12);2,6H,1,4H2,(H,5,7)/t3-,4?;2-/m00/s1. The number of thiol groups is 2. The van der Waals surface area contributed by atoms with E-state index in [0.29, 0.717) is 5.75 Å². The third-order valence-corrected chi connectivity index (χ3v) is 4.93. The van der Waals surface area contributed by atoms with Crippen LogP contribution in [0.4, 0.5) is 0 Å². The van der Waals surface area contributed by atoms with Gasteiger partial charge in [-0.1, -0.05) is 21.6 Å². The molecule has 0 heterocycles. The third kappa shape index (κ3) is 14.6. The second-order valence-corrected chi connectivity index (χ2v) is 6.94. The number of carbonyl (C=O) groups excluding carboxylic acids is 1. The van der Waals surface area contributed by atoms with Gasteiger partial charge >= 0.3 is 11.9 Å². The molecule has 0 fully saturated rings. The molecule has 1 unspecified atom stereocenters. The monoisotopic (exact) mass is 377 g/mol. The number of hydrogen-bond acceptors (Lipinski definition) is 9. The highest BCUT2D eigenvalue weighted by Crippen LogP contribution is 2.22. The van der Waals surface area contributed by atoms with Crippen LogP contribution in [0.15, 0.2) is 0 Å². The normalized spacial score (nSPS) is 14.3. The third-order valence-electron chi connectivity index (χ3n) is 1.73. The minimum absolute atomic E-state index is 0.229. The molecular weight excluding hydrogens is 358 g/mol. The van der Waals surface area contributed by atoms with Gasteiger partial charge in [-0.25, -0.2) is 0 Å². The molecule has 0 saturated heterocycles. The van der Waals surface area contributed by atoms with E-state index in [9.17, 15) is 14.4 Å². The highest BCUT2D eigenvalue weighted by Gasteiger charge is 2.14. The van der Waals surface area contributed by atoms with Crippen molar-refractivity contribution in [3.8, 4) is 0 Å². The van der Waals surface area contributed by atoms with Gasteiger partial charge in [-0.05, 0) is 0 Å². The van der Waals surface area contributed by atoms with Gasteiger partial charge < -0.3 is 27.4 Å². The highest BCUT2D eigenvalue weighted by atomic mass is 33.1. The van der Waals surface area contributed by atoms with Crippen molar-refractivity contribution in [1.82, 2.24) is 0 Å². The summed E-state index contributed by atoms with van der Waals surface area (Å²) in [7, 11) is 2.41. The van der Waals surface area contributed by atoms with Crippen LogP contribution in [-0.2, 0) is 14.4 Å². The molecule has 8 nitrogen and oxygen atoms in total. The Morgan fingerprint density at radius 1 is 0.905 bits per heavy atom. The fourth-order valence-corrected chi connectivity index (χ4v) is 3.09. The molecule has 12 heteroatoms. The Morgan fingerprint density at radius 2 is 1.24 bits per heavy atom. The molecule has 0 bridgehead atoms. The number of carboxylic acid groups (broad SMARTS) is 2. The predicted octanol–water partition coefficient (Wildman–Crippen LogP) is -1.11. The molecule has 8 N–H and O–H groups in total. The van der Waals surface area contributed by atoms with Crippen LogP contribution in [0.25, 0.3) is 0 Å². The van der Waals surface area contributed by atoms with Crippen molar-refractivity contribution < 1.29 is 24.6 Å². The molecule has 124 valence electrons. The van der Waals surface area contributed by atoms with Gasteiger partial charge in [-0.15, -0.1) is 12.6 Å². The molecule has 3 atom stereocenters. The molecule has 0 aromatic rings. The molecule has 0 aromatic heterocycles. The summed E-state index contributed by atoms with van der Waals surface area (Å²) in [6, 6.07) is -2.35. The molecule has 0 aliphatic rings. The maximum atomic E-state index is 10.3. The predicted molar refractivity (Wildman–Crippen MR) is 92.0 cm³/mol. The van der Waals surface area contributed by atoms with Crippen LogP contribution in [0, 0.1) is 0 Å². The largest absolute Gasteiger partial charge is 0.480 e. The average Bonchev–Trinajstić information content (AvgIpc) is 2.42. The average molecular weight is 378 g/mol. The van der Waals surface area contributed by atoms with Crippen LogP contribution in [0.1, 0.15) is 0 Å². The summed E-state index contributed by atoms with van der Waals surface area (Å²) in [5.41, 5.74) is 15.5. The Kier molecular flexibility index (Phi) is 14.9. The second kappa shape index (κ2) is 13.5. The first-order valence-electron chi connectivity index (χ1n) is 5.43. The molecule has 0 aliphatic carbocycles. The van der Waals surface area contributed by atoms with Crippen molar-refractivity contribution in [2.75, 3.05) is 17.3 Å². The van der Waals surface area contributed by atoms with Gasteiger partial charge in [0.25, 0.3) is 0 Å². The van der Waals surface area contributed by atoms with Crippen molar-refractivity contribution in [2.24, 2.45) is 17.2 Å². The quantitative estimate of drug-likeness (QED) is 0.148. The topological polar surface area (TPSA) is 170 Å². The molecule has 0 aliphatic heterocycles. The summed E-state index contributed by atoms with van der Waals surface area (Å²) in [4.78, 5) is 30.6. The SMILES string of the molecule is NC(CSSC[C@H](N)C(=O)O)C(=O)O.N[C@@H](CS)C(=O)S. The molecule has 21 heavy (non-hydrogen) atoms. The lowest BCUT2D eigenvalue weighted by atomic mass is 10.4. The lowest BCUT2D eigenvalue weighted by Crippen LogP contribution is -2.33. The van der Waals surface area contributed by atoms with E-state index < -0.39 is 30.1 Å². The van der Waals surface area contributed by atoms with Crippen molar-refractivity contribution in [1.29, 1.82) is 0 Å². The zero-order valence-corrected chi connectivity index (χ0v) is 14.3. The number of rotatable bonds is 9. The van der Waals surface area contributed by atoms with Crippen LogP contribution in [0.3, 0.4) is 0 Å². The van der Waals surface area contributed by atoms with Crippen molar-refractivity contribution >= 4 is 63.9 Å². The first-order chi connectivity index (χ1) is 9.63. The minimum atomic E-state index is -1.07. The zero-order chi connectivity index (χ0) is 17.0. The Morgan fingerprint density at radius 3 is 1.38 bits per heavy atom.